The van der Waals surface area contributed by atoms with Crippen LogP contribution in [-0.2, 0) is 4.79 Å². The number of nitrogens with one attached hydrogen (secondary N) is 1. The van der Waals surface area contributed by atoms with Crippen molar-refractivity contribution >= 4 is 34.8 Å². The molecule has 1 heterocycles. The molecule has 0 atom stereocenters. The molecule has 2 rings (SSSR count). The SMILES string of the molecule is O=C(CCN1CCCCCCC1)Nc1c(Cl)cccc1Cl. The largest absolute Gasteiger partial charge is 0.324 e. The zero-order chi connectivity index (χ0) is 15.1. The highest BCUT2D eigenvalue weighted by molar-refractivity contribution is 6.39. The summed E-state index contributed by atoms with van der Waals surface area (Å²) in [4.78, 5) is 14.4. The van der Waals surface area contributed by atoms with Crippen molar-refractivity contribution in [3.8, 4) is 0 Å². The summed E-state index contributed by atoms with van der Waals surface area (Å²) in [7, 11) is 0. The van der Waals surface area contributed by atoms with Crippen molar-refractivity contribution < 1.29 is 4.79 Å². The van der Waals surface area contributed by atoms with Crippen LogP contribution in [0.1, 0.15) is 38.5 Å². The lowest BCUT2D eigenvalue weighted by atomic mass is 10.1. The Morgan fingerprint density at radius 1 is 1.05 bits per heavy atom. The molecule has 0 saturated carbocycles. The smallest absolute Gasteiger partial charge is 0.225 e. The second kappa shape index (κ2) is 8.62. The van der Waals surface area contributed by atoms with Gasteiger partial charge < -0.3 is 10.2 Å². The Morgan fingerprint density at radius 3 is 2.24 bits per heavy atom. The summed E-state index contributed by atoms with van der Waals surface area (Å²) < 4.78 is 0. The van der Waals surface area contributed by atoms with Crippen LogP contribution in [-0.4, -0.2) is 30.4 Å². The van der Waals surface area contributed by atoms with Gasteiger partial charge in [-0.1, -0.05) is 48.5 Å². The first-order valence-electron chi connectivity index (χ1n) is 7.63. The second-order valence-corrected chi connectivity index (χ2v) is 6.32. The molecule has 0 radical (unpaired) electrons. The number of benzene rings is 1. The van der Waals surface area contributed by atoms with E-state index in [4.69, 9.17) is 23.2 Å². The van der Waals surface area contributed by atoms with Crippen LogP contribution in [0, 0.1) is 0 Å². The summed E-state index contributed by atoms with van der Waals surface area (Å²) in [6, 6.07) is 5.21. The fraction of sp³-hybridized carbons (Fsp3) is 0.562. The number of hydrogen-bond donors (Lipinski definition) is 1. The standard InChI is InChI=1S/C16H22Cl2N2O/c17-13-7-6-8-14(18)16(13)19-15(21)9-12-20-10-4-2-1-3-5-11-20/h6-8H,1-5,9-12H2,(H,19,21). The maximum atomic E-state index is 12.1. The molecule has 1 saturated heterocycles. The molecule has 0 aromatic heterocycles. The molecule has 1 aromatic rings. The first kappa shape index (κ1) is 16.6. The van der Waals surface area contributed by atoms with Crippen molar-refractivity contribution in [3.05, 3.63) is 28.2 Å². The summed E-state index contributed by atoms with van der Waals surface area (Å²) >= 11 is 12.1. The van der Waals surface area contributed by atoms with Crippen LogP contribution in [0.3, 0.4) is 0 Å². The fourth-order valence-electron chi connectivity index (χ4n) is 2.62. The van der Waals surface area contributed by atoms with Crippen molar-refractivity contribution in [2.24, 2.45) is 0 Å². The number of carbonyl (C=O) groups is 1. The lowest BCUT2D eigenvalue weighted by Crippen LogP contribution is -2.30. The lowest BCUT2D eigenvalue weighted by Gasteiger charge is -2.24. The minimum absolute atomic E-state index is 0.0351. The van der Waals surface area contributed by atoms with Gasteiger partial charge in [-0.3, -0.25) is 4.79 Å². The van der Waals surface area contributed by atoms with Gasteiger partial charge in [-0.05, 0) is 38.1 Å². The van der Waals surface area contributed by atoms with Gasteiger partial charge in [-0.25, -0.2) is 0 Å². The molecule has 116 valence electrons. The van der Waals surface area contributed by atoms with E-state index in [-0.39, 0.29) is 5.91 Å². The van der Waals surface area contributed by atoms with Gasteiger partial charge in [0.1, 0.15) is 0 Å². The molecule has 1 aliphatic heterocycles. The lowest BCUT2D eigenvalue weighted by molar-refractivity contribution is -0.116. The van der Waals surface area contributed by atoms with Gasteiger partial charge in [0.25, 0.3) is 0 Å². The van der Waals surface area contributed by atoms with Gasteiger partial charge >= 0.3 is 0 Å². The summed E-state index contributed by atoms with van der Waals surface area (Å²) in [5, 5.41) is 3.76. The molecular formula is C16H22Cl2N2O. The van der Waals surface area contributed by atoms with Crippen LogP contribution in [0.15, 0.2) is 18.2 Å². The second-order valence-electron chi connectivity index (χ2n) is 5.50. The number of amides is 1. The summed E-state index contributed by atoms with van der Waals surface area (Å²) in [6.07, 6.45) is 6.90. The minimum atomic E-state index is -0.0351. The Kier molecular flexibility index (Phi) is 6.81. The van der Waals surface area contributed by atoms with Crippen LogP contribution >= 0.6 is 23.2 Å². The van der Waals surface area contributed by atoms with Crippen molar-refractivity contribution in [1.29, 1.82) is 0 Å². The quantitative estimate of drug-likeness (QED) is 0.876. The highest BCUT2D eigenvalue weighted by Gasteiger charge is 2.12. The predicted octanol–water partition coefficient (Wildman–Crippen LogP) is 4.59. The Balaban J connectivity index is 1.81. The molecule has 0 bridgehead atoms. The Labute approximate surface area is 136 Å². The molecule has 1 amide bonds. The van der Waals surface area contributed by atoms with E-state index in [1.54, 1.807) is 18.2 Å². The maximum Gasteiger partial charge on any atom is 0.225 e. The molecule has 0 spiro atoms. The van der Waals surface area contributed by atoms with Crippen LogP contribution in [0.2, 0.25) is 10.0 Å². The van der Waals surface area contributed by atoms with Gasteiger partial charge in [0.2, 0.25) is 5.91 Å². The zero-order valence-electron chi connectivity index (χ0n) is 12.2. The number of anilines is 1. The molecule has 1 aromatic carbocycles. The minimum Gasteiger partial charge on any atom is -0.324 e. The number of hydrogen-bond acceptors (Lipinski definition) is 2. The molecule has 1 N–H and O–H groups in total. The molecular weight excluding hydrogens is 307 g/mol. The van der Waals surface area contributed by atoms with E-state index in [1.807, 2.05) is 0 Å². The Hall–Kier alpha value is -0.770. The number of para-hydroxylation sites is 1. The third-order valence-electron chi connectivity index (χ3n) is 3.83. The third kappa shape index (κ3) is 5.50. The summed E-state index contributed by atoms with van der Waals surface area (Å²) in [5.74, 6) is -0.0351. The molecule has 5 heteroatoms. The summed E-state index contributed by atoms with van der Waals surface area (Å²) in [5.41, 5.74) is 0.512. The average molecular weight is 329 g/mol. The normalized spacial score (nSPS) is 17.0. The Bertz CT molecular complexity index is 451. The first-order valence-corrected chi connectivity index (χ1v) is 8.38. The maximum absolute atomic E-state index is 12.1. The highest BCUT2D eigenvalue weighted by atomic mass is 35.5. The van der Waals surface area contributed by atoms with Crippen molar-refractivity contribution in [1.82, 2.24) is 4.90 Å². The van der Waals surface area contributed by atoms with Gasteiger partial charge in [0.05, 0.1) is 15.7 Å². The highest BCUT2D eigenvalue weighted by Crippen LogP contribution is 2.29. The molecule has 0 aliphatic carbocycles. The van der Waals surface area contributed by atoms with E-state index in [0.717, 1.165) is 19.6 Å². The zero-order valence-corrected chi connectivity index (χ0v) is 13.7. The van der Waals surface area contributed by atoms with Gasteiger partial charge in [0.15, 0.2) is 0 Å². The van der Waals surface area contributed by atoms with E-state index in [0.29, 0.717) is 22.2 Å². The molecule has 3 nitrogen and oxygen atoms in total. The molecule has 1 fully saturated rings. The number of likely N-dealkylation sites (tertiary alicyclic amines) is 1. The van der Waals surface area contributed by atoms with E-state index < -0.39 is 0 Å². The molecule has 0 unspecified atom stereocenters. The number of rotatable bonds is 4. The average Bonchev–Trinajstić information content (AvgIpc) is 2.42. The van der Waals surface area contributed by atoms with Gasteiger partial charge in [0, 0.05) is 13.0 Å². The third-order valence-corrected chi connectivity index (χ3v) is 4.46. The van der Waals surface area contributed by atoms with Gasteiger partial charge in [-0.2, -0.15) is 0 Å². The topological polar surface area (TPSA) is 32.3 Å². The van der Waals surface area contributed by atoms with Crippen molar-refractivity contribution in [2.75, 3.05) is 25.0 Å². The van der Waals surface area contributed by atoms with E-state index >= 15 is 0 Å². The van der Waals surface area contributed by atoms with Crippen LogP contribution in [0.25, 0.3) is 0 Å². The Morgan fingerprint density at radius 2 is 1.62 bits per heavy atom. The van der Waals surface area contributed by atoms with E-state index in [1.165, 1.54) is 32.1 Å². The molecule has 21 heavy (non-hydrogen) atoms. The number of nitrogens with zero attached hydrogens (tertiary/aromatic N) is 1. The fourth-order valence-corrected chi connectivity index (χ4v) is 3.11. The monoisotopic (exact) mass is 328 g/mol. The van der Waals surface area contributed by atoms with Crippen LogP contribution in [0.4, 0.5) is 5.69 Å². The van der Waals surface area contributed by atoms with Crippen molar-refractivity contribution in [2.45, 2.75) is 38.5 Å². The van der Waals surface area contributed by atoms with E-state index in [9.17, 15) is 4.79 Å². The van der Waals surface area contributed by atoms with Gasteiger partial charge in [-0.15, -0.1) is 0 Å². The van der Waals surface area contributed by atoms with Crippen LogP contribution < -0.4 is 5.32 Å². The number of carbonyl (C=O) groups excluding carboxylic acids is 1. The molecule has 1 aliphatic rings. The first-order chi connectivity index (χ1) is 10.2. The van der Waals surface area contributed by atoms with E-state index in [2.05, 4.69) is 10.2 Å². The number of halogens is 2. The van der Waals surface area contributed by atoms with Crippen molar-refractivity contribution in [3.63, 3.8) is 0 Å². The summed E-state index contributed by atoms with van der Waals surface area (Å²) in [6.45, 7) is 2.99. The van der Waals surface area contributed by atoms with Crippen LogP contribution in [0.5, 0.6) is 0 Å². The predicted molar refractivity (Wildman–Crippen MR) is 89.2 cm³/mol.